The minimum Gasteiger partial charge on any atom is -0.310 e. The van der Waals surface area contributed by atoms with Crippen LogP contribution in [0.25, 0.3) is 127 Å². The van der Waals surface area contributed by atoms with Crippen molar-refractivity contribution in [2.75, 3.05) is 0 Å². The molecule has 0 fully saturated rings. The van der Waals surface area contributed by atoms with Crippen molar-refractivity contribution in [1.29, 1.82) is 0 Å². The van der Waals surface area contributed by atoms with Crippen molar-refractivity contribution in [2.45, 2.75) is 25.5 Å². The zero-order valence-electron chi connectivity index (χ0n) is 43.4. The number of hydrogen-bond acceptors (Lipinski definition) is 3. The normalized spacial score (nSPS) is 12.2. The second kappa shape index (κ2) is 19.7. The Bertz CT molecular complexity index is 4720. The third-order valence-corrected chi connectivity index (χ3v) is 15.0. The van der Waals surface area contributed by atoms with Crippen LogP contribution < -0.4 is 0 Å². The van der Waals surface area contributed by atoms with Gasteiger partial charge < -0.3 is 9.13 Å². The van der Waals surface area contributed by atoms with E-state index in [-0.39, 0.29) is 23.1 Å². The van der Waals surface area contributed by atoms with Crippen molar-refractivity contribution in [3.05, 3.63) is 252 Å². The van der Waals surface area contributed by atoms with Crippen LogP contribution in [0.4, 0.5) is 45.2 Å². The molecule has 3 aromatic heterocycles. The van der Waals surface area contributed by atoms with E-state index in [0.29, 0.717) is 95.4 Å². The molecule has 0 unspecified atom stereocenters. The Kier molecular flexibility index (Phi) is 12.4. The molecule has 0 aliphatic rings. The number of para-hydroxylation sites is 2. The molecule has 3 heterocycles. The predicted molar refractivity (Wildman–Crippen MR) is 307 cm³/mol. The second-order valence-corrected chi connectivity index (χ2v) is 20.0. The number of hydrogen-bond donors (Lipinski definition) is 0. The number of benzene rings is 10. The zero-order valence-corrected chi connectivity index (χ0v) is 43.4. The third-order valence-electron chi connectivity index (χ3n) is 15.0. The topological polar surface area (TPSA) is 52.9 Å². The monoisotopic (exact) mass is 1110 g/mol. The van der Waals surface area contributed by atoms with Crippen LogP contribution in [0.5, 0.6) is 0 Å². The number of rotatable bonds is 8. The minimum atomic E-state index is -5.13. The predicted octanol–water partition coefficient (Wildman–Crippen LogP) is 20.0. The van der Waals surface area contributed by atoms with Crippen molar-refractivity contribution in [2.24, 2.45) is 0 Å². The maximum absolute atomic E-state index is 14.8. The van der Waals surface area contributed by atoms with Crippen molar-refractivity contribution in [3.63, 3.8) is 0 Å². The summed E-state index contributed by atoms with van der Waals surface area (Å²) in [5.41, 5.74) is 4.41. The first-order valence-electron chi connectivity index (χ1n) is 26.0. The third kappa shape index (κ3) is 9.09. The molecule has 13 rings (SSSR count). The molecule has 15 heteroatoms. The number of fused-ring (bicyclic) bond motifs is 6. The SMILES string of the molecule is [C-]#[N+]c1cccc(-n2c3ccccc3c3cc(-c4ccc(C(F)(F)F)cc4C(F)(F)F)ccc32)c1-c1c(-c2nc(-c3ccccc3)nc(-c3ccccc3)n2)cccc1-n1c2ccccc2c2cc(-c3ccc(C(F)(F)F)cc3C)ccc21. The molecule has 0 radical (unpaired) electrons. The molecule has 0 aliphatic carbocycles. The summed E-state index contributed by atoms with van der Waals surface area (Å²) in [5, 5.41) is 2.70. The largest absolute Gasteiger partial charge is 0.417 e. The van der Waals surface area contributed by atoms with Crippen LogP contribution in [0.15, 0.2) is 218 Å². The van der Waals surface area contributed by atoms with Gasteiger partial charge in [-0.05, 0) is 108 Å². The Labute approximate surface area is 467 Å². The molecule has 0 N–H and O–H groups in total. The van der Waals surface area contributed by atoms with Gasteiger partial charge in [0, 0.05) is 55.0 Å². The summed E-state index contributed by atoms with van der Waals surface area (Å²) in [7, 11) is 0. The number of aromatic nitrogens is 5. The summed E-state index contributed by atoms with van der Waals surface area (Å²) in [6.07, 6.45) is -14.7. The minimum absolute atomic E-state index is 0.0329. The van der Waals surface area contributed by atoms with E-state index in [2.05, 4.69) is 9.41 Å². The highest BCUT2D eigenvalue weighted by Crippen LogP contribution is 2.50. The van der Waals surface area contributed by atoms with Crippen LogP contribution in [0, 0.1) is 13.5 Å². The summed E-state index contributed by atoms with van der Waals surface area (Å²) in [6, 6.07) is 60.6. The van der Waals surface area contributed by atoms with E-state index >= 15 is 0 Å². The van der Waals surface area contributed by atoms with Gasteiger partial charge in [0.15, 0.2) is 23.2 Å². The van der Waals surface area contributed by atoms with Crippen molar-refractivity contribution < 1.29 is 39.5 Å². The fourth-order valence-corrected chi connectivity index (χ4v) is 11.3. The lowest BCUT2D eigenvalue weighted by atomic mass is 9.93. The smallest absolute Gasteiger partial charge is 0.310 e. The molecule has 0 spiro atoms. The molecule has 0 bridgehead atoms. The average molecular weight is 1110 g/mol. The molecule has 0 saturated heterocycles. The molecule has 0 atom stereocenters. The highest BCUT2D eigenvalue weighted by atomic mass is 19.4. The maximum Gasteiger partial charge on any atom is 0.417 e. The average Bonchev–Trinajstić information content (AvgIpc) is 2.92. The van der Waals surface area contributed by atoms with Crippen LogP contribution in [-0.2, 0) is 18.5 Å². The van der Waals surface area contributed by atoms with E-state index in [0.717, 1.165) is 40.0 Å². The Morgan fingerprint density at radius 3 is 1.34 bits per heavy atom. The van der Waals surface area contributed by atoms with Gasteiger partial charge in [-0.3, -0.25) is 0 Å². The summed E-state index contributed by atoms with van der Waals surface area (Å²) in [6.45, 7) is 10.6. The molecule has 10 aromatic carbocycles. The molecule has 0 aliphatic heterocycles. The van der Waals surface area contributed by atoms with Gasteiger partial charge in [0.1, 0.15) is 0 Å². The van der Waals surface area contributed by atoms with Crippen molar-refractivity contribution >= 4 is 49.3 Å². The van der Waals surface area contributed by atoms with E-state index in [1.54, 1.807) is 37.3 Å². The van der Waals surface area contributed by atoms with Crippen molar-refractivity contribution in [1.82, 2.24) is 24.1 Å². The number of halogens is 9. The first-order chi connectivity index (χ1) is 39.9. The van der Waals surface area contributed by atoms with Crippen LogP contribution in [0.3, 0.4) is 0 Å². The fraction of sp³-hybridized carbons (Fsp3) is 0.0588. The fourth-order valence-electron chi connectivity index (χ4n) is 11.3. The lowest BCUT2D eigenvalue weighted by Crippen LogP contribution is -2.12. The Morgan fingerprint density at radius 1 is 0.361 bits per heavy atom. The molecule has 404 valence electrons. The molecule has 83 heavy (non-hydrogen) atoms. The Morgan fingerprint density at radius 2 is 0.819 bits per heavy atom. The molecular weight excluding hydrogens is 1070 g/mol. The summed E-state index contributed by atoms with van der Waals surface area (Å²) < 4.78 is 132. The number of nitrogens with zero attached hydrogens (tertiary/aromatic N) is 6. The highest BCUT2D eigenvalue weighted by molar-refractivity contribution is 6.14. The van der Waals surface area contributed by atoms with E-state index in [1.165, 1.54) is 12.1 Å². The lowest BCUT2D eigenvalue weighted by molar-refractivity contribution is -0.143. The van der Waals surface area contributed by atoms with Gasteiger partial charge >= 0.3 is 18.5 Å². The number of aryl methyl sites for hydroxylation is 1. The standard InChI is InChI=1S/C68H39F9N6/c1-39-35-44(66(69,70)71)29-31-46(39)42-27-33-57-51(36-42)48-19-9-11-23-55(48)82(57)59-25-13-21-50(65-80-63(40-15-5-3-6-16-40)79-64(81-65)41-17-7-4-8-18-41)61(59)62-54(78-2)22-14-26-60(62)83-56-24-12-10-20-49(56)52-37-43(28-34-58(52)83)47-32-30-45(67(72,73)74)38-53(47)68(75,76)77/h3-38H,1H3. The summed E-state index contributed by atoms with van der Waals surface area (Å²) in [5.74, 6) is 0.991. The molecule has 13 aromatic rings. The van der Waals surface area contributed by atoms with Crippen LogP contribution in [-0.4, -0.2) is 24.1 Å². The zero-order chi connectivity index (χ0) is 57.5. The molecule has 0 saturated carbocycles. The Hall–Kier alpha value is -10.3. The van der Waals surface area contributed by atoms with Gasteiger partial charge in [-0.2, -0.15) is 39.5 Å². The molecule has 6 nitrogen and oxygen atoms in total. The van der Waals surface area contributed by atoms with Gasteiger partial charge in [0.25, 0.3) is 0 Å². The Balaban J connectivity index is 1.12. The first kappa shape index (κ1) is 52.1. The van der Waals surface area contributed by atoms with Crippen LogP contribution >= 0.6 is 0 Å². The first-order valence-corrected chi connectivity index (χ1v) is 26.0. The lowest BCUT2D eigenvalue weighted by Gasteiger charge is -2.22. The second-order valence-electron chi connectivity index (χ2n) is 20.0. The van der Waals surface area contributed by atoms with Crippen LogP contribution in [0.2, 0.25) is 0 Å². The molecular formula is C68H39F9N6. The van der Waals surface area contributed by atoms with Gasteiger partial charge in [-0.25, -0.2) is 19.8 Å². The quantitative estimate of drug-likeness (QED) is 0.113. The van der Waals surface area contributed by atoms with Gasteiger partial charge in [0.05, 0.1) is 51.0 Å². The molecule has 0 amide bonds. The summed E-state index contributed by atoms with van der Waals surface area (Å²) >= 11 is 0. The summed E-state index contributed by atoms with van der Waals surface area (Å²) in [4.78, 5) is 19.6. The van der Waals surface area contributed by atoms with E-state index < -0.39 is 40.8 Å². The van der Waals surface area contributed by atoms with Crippen molar-refractivity contribution in [3.8, 4) is 78.9 Å². The van der Waals surface area contributed by atoms with Gasteiger partial charge in [-0.15, -0.1) is 0 Å². The van der Waals surface area contributed by atoms with Crippen LogP contribution in [0.1, 0.15) is 22.3 Å². The maximum atomic E-state index is 14.8. The van der Waals surface area contributed by atoms with E-state index in [9.17, 15) is 39.5 Å². The van der Waals surface area contributed by atoms with Gasteiger partial charge in [0.2, 0.25) is 0 Å². The number of alkyl halides is 9. The van der Waals surface area contributed by atoms with E-state index in [4.69, 9.17) is 21.5 Å². The highest BCUT2D eigenvalue weighted by Gasteiger charge is 2.39. The van der Waals surface area contributed by atoms with Gasteiger partial charge in [-0.1, -0.05) is 146 Å². The van der Waals surface area contributed by atoms with E-state index in [1.807, 2.05) is 150 Å².